The molecule has 1 aliphatic heterocycles. The first-order chi connectivity index (χ1) is 6.66. The third-order valence-corrected chi connectivity index (χ3v) is 3.31. The van der Waals surface area contributed by atoms with Gasteiger partial charge in [0.15, 0.2) is 0 Å². The number of fused-ring (bicyclic) bond motifs is 1. The molecule has 0 bridgehead atoms. The second-order valence-electron chi connectivity index (χ2n) is 3.74. The highest BCUT2D eigenvalue weighted by Gasteiger charge is 2.14. The number of benzene rings is 1. The van der Waals surface area contributed by atoms with E-state index in [1.807, 2.05) is 6.07 Å². The molecule has 0 radical (unpaired) electrons. The molecule has 76 valence electrons. The van der Waals surface area contributed by atoms with Gasteiger partial charge in [-0.25, -0.2) is 0 Å². The number of nitrogens with one attached hydrogen (secondary N) is 1. The van der Waals surface area contributed by atoms with E-state index in [1.165, 1.54) is 5.56 Å². The first-order valence-electron chi connectivity index (χ1n) is 4.87. The molecule has 1 aromatic carbocycles. The molecule has 1 aliphatic rings. The number of halogens is 1. The normalized spacial score (nSPS) is 20.4. The molecule has 0 aliphatic carbocycles. The van der Waals surface area contributed by atoms with Gasteiger partial charge in [0.05, 0.1) is 11.8 Å². The molecule has 2 rings (SSSR count). The van der Waals surface area contributed by atoms with Crippen LogP contribution >= 0.6 is 15.9 Å². The molecule has 1 N–H and O–H groups in total. The SMILES string of the molecule is Cc1cc2c(cc1Br)OC(C)CCN2. The molecule has 0 aromatic heterocycles. The topological polar surface area (TPSA) is 21.3 Å². The fourth-order valence-corrected chi connectivity index (χ4v) is 1.91. The van der Waals surface area contributed by atoms with Crippen molar-refractivity contribution in [3.8, 4) is 5.75 Å². The zero-order valence-corrected chi connectivity index (χ0v) is 10.0. The summed E-state index contributed by atoms with van der Waals surface area (Å²) in [4.78, 5) is 0. The summed E-state index contributed by atoms with van der Waals surface area (Å²) in [7, 11) is 0. The van der Waals surface area contributed by atoms with Crippen LogP contribution in [-0.4, -0.2) is 12.6 Å². The zero-order valence-electron chi connectivity index (χ0n) is 8.43. The predicted octanol–water partition coefficient (Wildman–Crippen LogP) is 3.34. The minimum atomic E-state index is 0.290. The molecular formula is C11H14BrNO. The Morgan fingerprint density at radius 1 is 1.50 bits per heavy atom. The molecule has 3 heteroatoms. The van der Waals surface area contributed by atoms with E-state index in [0.29, 0.717) is 6.10 Å². The Hall–Kier alpha value is -0.700. The Kier molecular flexibility index (Phi) is 2.68. The molecule has 1 atom stereocenters. The molecule has 0 saturated carbocycles. The van der Waals surface area contributed by atoms with Crippen molar-refractivity contribution >= 4 is 21.6 Å². The van der Waals surface area contributed by atoms with Gasteiger partial charge in [-0.3, -0.25) is 0 Å². The summed E-state index contributed by atoms with van der Waals surface area (Å²) in [5.74, 6) is 0.951. The van der Waals surface area contributed by atoms with Gasteiger partial charge in [-0.1, -0.05) is 15.9 Å². The number of aryl methyl sites for hydroxylation is 1. The second kappa shape index (κ2) is 3.81. The largest absolute Gasteiger partial charge is 0.488 e. The van der Waals surface area contributed by atoms with Crippen molar-refractivity contribution in [3.63, 3.8) is 0 Å². The van der Waals surface area contributed by atoms with Gasteiger partial charge in [-0.05, 0) is 31.5 Å². The van der Waals surface area contributed by atoms with E-state index in [-0.39, 0.29) is 0 Å². The van der Waals surface area contributed by atoms with Crippen molar-refractivity contribution in [1.29, 1.82) is 0 Å². The average molecular weight is 256 g/mol. The van der Waals surface area contributed by atoms with Crippen LogP contribution in [0.4, 0.5) is 5.69 Å². The third-order valence-electron chi connectivity index (χ3n) is 2.46. The lowest BCUT2D eigenvalue weighted by Gasteiger charge is -2.13. The summed E-state index contributed by atoms with van der Waals surface area (Å²) in [6, 6.07) is 4.16. The number of hydrogen-bond acceptors (Lipinski definition) is 2. The molecule has 2 nitrogen and oxygen atoms in total. The Balaban J connectivity index is 2.41. The summed E-state index contributed by atoms with van der Waals surface area (Å²) < 4.78 is 6.90. The first kappa shape index (κ1) is 9.84. The molecule has 1 aromatic rings. The Bertz CT molecular complexity index is 351. The van der Waals surface area contributed by atoms with E-state index in [9.17, 15) is 0 Å². The van der Waals surface area contributed by atoms with Crippen LogP contribution in [-0.2, 0) is 0 Å². The molecule has 0 saturated heterocycles. The molecule has 1 unspecified atom stereocenters. The molecule has 0 spiro atoms. The Labute approximate surface area is 92.8 Å². The molecular weight excluding hydrogens is 242 g/mol. The maximum Gasteiger partial charge on any atom is 0.143 e. The van der Waals surface area contributed by atoms with Gasteiger partial charge >= 0.3 is 0 Å². The summed E-state index contributed by atoms with van der Waals surface area (Å²) in [5, 5.41) is 3.38. The first-order valence-corrected chi connectivity index (χ1v) is 5.67. The lowest BCUT2D eigenvalue weighted by atomic mass is 10.2. The van der Waals surface area contributed by atoms with Crippen LogP contribution in [0, 0.1) is 6.92 Å². The highest BCUT2D eigenvalue weighted by Crippen LogP contribution is 2.33. The van der Waals surface area contributed by atoms with Crippen molar-refractivity contribution in [1.82, 2.24) is 0 Å². The van der Waals surface area contributed by atoms with E-state index in [1.54, 1.807) is 0 Å². The monoisotopic (exact) mass is 255 g/mol. The van der Waals surface area contributed by atoms with Gasteiger partial charge < -0.3 is 10.1 Å². The van der Waals surface area contributed by atoms with Gasteiger partial charge in [0, 0.05) is 17.4 Å². The lowest BCUT2D eigenvalue weighted by Crippen LogP contribution is -2.12. The van der Waals surface area contributed by atoms with Crippen molar-refractivity contribution in [2.75, 3.05) is 11.9 Å². The highest BCUT2D eigenvalue weighted by atomic mass is 79.9. The molecule has 0 fully saturated rings. The van der Waals surface area contributed by atoms with Crippen LogP contribution in [0.25, 0.3) is 0 Å². The predicted molar refractivity (Wildman–Crippen MR) is 62.1 cm³/mol. The third kappa shape index (κ3) is 1.87. The standard InChI is InChI=1S/C11H14BrNO/c1-7-5-10-11(6-9(7)12)14-8(2)3-4-13-10/h5-6,8,13H,3-4H2,1-2H3. The van der Waals surface area contributed by atoms with Crippen molar-refractivity contribution in [2.24, 2.45) is 0 Å². The van der Waals surface area contributed by atoms with E-state index in [2.05, 4.69) is 41.2 Å². The highest BCUT2D eigenvalue weighted by molar-refractivity contribution is 9.10. The summed E-state index contributed by atoms with van der Waals surface area (Å²) >= 11 is 3.51. The van der Waals surface area contributed by atoms with Crippen molar-refractivity contribution in [3.05, 3.63) is 22.2 Å². The molecule has 14 heavy (non-hydrogen) atoms. The lowest BCUT2D eigenvalue weighted by molar-refractivity contribution is 0.221. The van der Waals surface area contributed by atoms with E-state index in [4.69, 9.17) is 4.74 Å². The second-order valence-corrected chi connectivity index (χ2v) is 4.60. The van der Waals surface area contributed by atoms with E-state index < -0.39 is 0 Å². The van der Waals surface area contributed by atoms with Crippen LogP contribution in [0.2, 0.25) is 0 Å². The number of hydrogen-bond donors (Lipinski definition) is 1. The van der Waals surface area contributed by atoms with Gasteiger partial charge in [-0.15, -0.1) is 0 Å². The van der Waals surface area contributed by atoms with Crippen LogP contribution < -0.4 is 10.1 Å². The Morgan fingerprint density at radius 3 is 3.07 bits per heavy atom. The van der Waals surface area contributed by atoms with Crippen molar-refractivity contribution < 1.29 is 4.74 Å². The number of anilines is 1. The molecule has 0 amide bonds. The Morgan fingerprint density at radius 2 is 2.29 bits per heavy atom. The quantitative estimate of drug-likeness (QED) is 0.768. The number of ether oxygens (including phenoxy) is 1. The minimum Gasteiger partial charge on any atom is -0.488 e. The van der Waals surface area contributed by atoms with Gasteiger partial charge in [-0.2, -0.15) is 0 Å². The zero-order chi connectivity index (χ0) is 10.1. The summed E-state index contributed by atoms with van der Waals surface area (Å²) in [5.41, 5.74) is 2.34. The van der Waals surface area contributed by atoms with Gasteiger partial charge in [0.2, 0.25) is 0 Å². The van der Waals surface area contributed by atoms with E-state index in [0.717, 1.165) is 28.9 Å². The van der Waals surface area contributed by atoms with Crippen LogP contribution in [0.15, 0.2) is 16.6 Å². The molecule has 1 heterocycles. The van der Waals surface area contributed by atoms with Crippen molar-refractivity contribution in [2.45, 2.75) is 26.4 Å². The van der Waals surface area contributed by atoms with Crippen LogP contribution in [0.3, 0.4) is 0 Å². The fourth-order valence-electron chi connectivity index (χ4n) is 1.58. The summed E-state index contributed by atoms with van der Waals surface area (Å²) in [6.45, 7) is 5.17. The van der Waals surface area contributed by atoms with Crippen LogP contribution in [0.1, 0.15) is 18.9 Å². The maximum absolute atomic E-state index is 5.80. The minimum absolute atomic E-state index is 0.290. The number of rotatable bonds is 0. The summed E-state index contributed by atoms with van der Waals surface area (Å²) in [6.07, 6.45) is 1.34. The van der Waals surface area contributed by atoms with Crippen LogP contribution in [0.5, 0.6) is 5.75 Å². The van der Waals surface area contributed by atoms with E-state index >= 15 is 0 Å². The smallest absolute Gasteiger partial charge is 0.143 e. The maximum atomic E-state index is 5.80. The van der Waals surface area contributed by atoms with Gasteiger partial charge in [0.1, 0.15) is 5.75 Å². The fraction of sp³-hybridized carbons (Fsp3) is 0.455. The average Bonchev–Trinajstić information content (AvgIpc) is 2.28. The van der Waals surface area contributed by atoms with Gasteiger partial charge in [0.25, 0.3) is 0 Å².